The van der Waals surface area contributed by atoms with E-state index in [1.807, 2.05) is 18.2 Å². The van der Waals surface area contributed by atoms with Gasteiger partial charge in [0.15, 0.2) is 0 Å². The lowest BCUT2D eigenvalue weighted by Crippen LogP contribution is -2.10. The van der Waals surface area contributed by atoms with E-state index in [-0.39, 0.29) is 6.04 Å². The number of nitrogens with one attached hydrogen (secondary N) is 1. The fourth-order valence-electron chi connectivity index (χ4n) is 1.74. The third-order valence-electron chi connectivity index (χ3n) is 2.60. The highest BCUT2D eigenvalue weighted by Crippen LogP contribution is 2.29. The Morgan fingerprint density at radius 3 is 2.88 bits per heavy atom. The van der Waals surface area contributed by atoms with Crippen molar-refractivity contribution < 1.29 is 0 Å². The van der Waals surface area contributed by atoms with Crippen molar-refractivity contribution in [3.8, 4) is 0 Å². The summed E-state index contributed by atoms with van der Waals surface area (Å²) in [6, 6.07) is 5.84. The molecule has 1 heterocycles. The Kier molecular flexibility index (Phi) is 3.69. The van der Waals surface area contributed by atoms with E-state index in [9.17, 15) is 0 Å². The van der Waals surface area contributed by atoms with Crippen LogP contribution in [-0.4, -0.2) is 12.3 Å². The number of hydrazone groups is 1. The third kappa shape index (κ3) is 2.48. The standard InChI is InChI=1S/C11H13Cl2N3/c12-9-2-1-7(5-10(9)13)11-6-8(3-4-14)15-16-11/h1-2,5,11,16H,3-4,6,14H2. The molecular weight excluding hydrogens is 245 g/mol. The molecule has 86 valence electrons. The lowest BCUT2D eigenvalue weighted by molar-refractivity contribution is 0.620. The van der Waals surface area contributed by atoms with Crippen LogP contribution in [0.25, 0.3) is 0 Å². The highest BCUT2D eigenvalue weighted by Gasteiger charge is 2.19. The highest BCUT2D eigenvalue weighted by atomic mass is 35.5. The van der Waals surface area contributed by atoms with Gasteiger partial charge in [-0.15, -0.1) is 0 Å². The summed E-state index contributed by atoms with van der Waals surface area (Å²) in [5, 5.41) is 5.40. The van der Waals surface area contributed by atoms with Gasteiger partial charge in [-0.05, 0) is 30.7 Å². The Bertz CT molecular complexity index is 418. The Labute approximate surface area is 105 Å². The van der Waals surface area contributed by atoms with Gasteiger partial charge in [-0.2, -0.15) is 5.10 Å². The molecule has 16 heavy (non-hydrogen) atoms. The van der Waals surface area contributed by atoms with E-state index >= 15 is 0 Å². The van der Waals surface area contributed by atoms with Crippen molar-refractivity contribution in [3.63, 3.8) is 0 Å². The molecule has 0 saturated carbocycles. The van der Waals surface area contributed by atoms with E-state index < -0.39 is 0 Å². The van der Waals surface area contributed by atoms with Crippen LogP contribution in [0.4, 0.5) is 0 Å². The van der Waals surface area contributed by atoms with Gasteiger partial charge in [-0.25, -0.2) is 0 Å². The van der Waals surface area contributed by atoms with E-state index in [0.717, 1.165) is 24.1 Å². The second-order valence-electron chi connectivity index (χ2n) is 3.78. The number of nitrogens with zero attached hydrogens (tertiary/aromatic N) is 1. The van der Waals surface area contributed by atoms with Crippen LogP contribution in [0.5, 0.6) is 0 Å². The third-order valence-corrected chi connectivity index (χ3v) is 3.34. The van der Waals surface area contributed by atoms with Crippen LogP contribution in [0.3, 0.4) is 0 Å². The lowest BCUT2D eigenvalue weighted by Gasteiger charge is -2.10. The van der Waals surface area contributed by atoms with Crippen LogP contribution in [0.1, 0.15) is 24.4 Å². The Morgan fingerprint density at radius 1 is 1.38 bits per heavy atom. The summed E-state index contributed by atoms with van der Waals surface area (Å²) in [5.74, 6) is 0. The number of halogens is 2. The second kappa shape index (κ2) is 5.04. The fourth-order valence-corrected chi connectivity index (χ4v) is 2.05. The molecule has 2 rings (SSSR count). The zero-order chi connectivity index (χ0) is 11.5. The quantitative estimate of drug-likeness (QED) is 0.875. The number of hydrogen-bond donors (Lipinski definition) is 2. The largest absolute Gasteiger partial charge is 0.330 e. The molecule has 1 atom stereocenters. The van der Waals surface area contributed by atoms with Crippen molar-refractivity contribution in [2.24, 2.45) is 10.8 Å². The maximum absolute atomic E-state index is 5.97. The zero-order valence-corrected chi connectivity index (χ0v) is 10.2. The summed E-state index contributed by atoms with van der Waals surface area (Å²) in [5.41, 5.74) is 10.8. The molecule has 1 aromatic rings. The van der Waals surface area contributed by atoms with Crippen LogP contribution in [0.15, 0.2) is 23.3 Å². The van der Waals surface area contributed by atoms with E-state index in [2.05, 4.69) is 10.5 Å². The monoisotopic (exact) mass is 257 g/mol. The molecule has 3 N–H and O–H groups in total. The van der Waals surface area contributed by atoms with Gasteiger partial charge in [0, 0.05) is 12.1 Å². The summed E-state index contributed by atoms with van der Waals surface area (Å²) in [4.78, 5) is 0. The number of benzene rings is 1. The average molecular weight is 258 g/mol. The van der Waals surface area contributed by atoms with Gasteiger partial charge in [0.25, 0.3) is 0 Å². The van der Waals surface area contributed by atoms with Crippen molar-refractivity contribution in [1.29, 1.82) is 0 Å². The van der Waals surface area contributed by atoms with Crippen molar-refractivity contribution >= 4 is 28.9 Å². The molecule has 0 amide bonds. The predicted molar refractivity (Wildman–Crippen MR) is 68.1 cm³/mol. The van der Waals surface area contributed by atoms with Crippen molar-refractivity contribution in [1.82, 2.24) is 5.43 Å². The Balaban J connectivity index is 2.07. The zero-order valence-electron chi connectivity index (χ0n) is 8.71. The molecule has 5 heteroatoms. The van der Waals surface area contributed by atoms with E-state index in [1.54, 1.807) is 0 Å². The molecule has 0 fully saturated rings. The van der Waals surface area contributed by atoms with Gasteiger partial charge in [0.05, 0.1) is 16.1 Å². The predicted octanol–water partition coefficient (Wildman–Crippen LogP) is 2.73. The average Bonchev–Trinajstić information content (AvgIpc) is 2.71. The first-order valence-electron chi connectivity index (χ1n) is 5.16. The second-order valence-corrected chi connectivity index (χ2v) is 4.59. The highest BCUT2D eigenvalue weighted by molar-refractivity contribution is 6.42. The summed E-state index contributed by atoms with van der Waals surface area (Å²) in [6.45, 7) is 0.634. The first-order chi connectivity index (χ1) is 7.70. The fraction of sp³-hybridized carbons (Fsp3) is 0.364. The number of rotatable bonds is 3. The molecule has 0 radical (unpaired) electrons. The molecule has 1 unspecified atom stereocenters. The Hall–Kier alpha value is -0.770. The van der Waals surface area contributed by atoms with Crippen LogP contribution >= 0.6 is 23.2 Å². The molecule has 0 aliphatic carbocycles. The molecule has 1 aliphatic rings. The normalized spacial score (nSPS) is 19.4. The van der Waals surface area contributed by atoms with Gasteiger partial charge in [0.2, 0.25) is 0 Å². The molecular formula is C11H13Cl2N3. The number of nitrogens with two attached hydrogens (primary N) is 1. The maximum Gasteiger partial charge on any atom is 0.0742 e. The first kappa shape index (κ1) is 11.7. The van der Waals surface area contributed by atoms with Gasteiger partial charge in [-0.1, -0.05) is 29.3 Å². The molecule has 3 nitrogen and oxygen atoms in total. The van der Waals surface area contributed by atoms with Gasteiger partial charge < -0.3 is 11.2 Å². The van der Waals surface area contributed by atoms with E-state index in [4.69, 9.17) is 28.9 Å². The summed E-state index contributed by atoms with van der Waals surface area (Å²) < 4.78 is 0. The lowest BCUT2D eigenvalue weighted by atomic mass is 10.0. The van der Waals surface area contributed by atoms with E-state index in [0.29, 0.717) is 16.6 Å². The summed E-state index contributed by atoms with van der Waals surface area (Å²) in [6.07, 6.45) is 1.72. The van der Waals surface area contributed by atoms with Crippen LogP contribution in [0, 0.1) is 0 Å². The van der Waals surface area contributed by atoms with Gasteiger partial charge >= 0.3 is 0 Å². The molecule has 1 aromatic carbocycles. The minimum Gasteiger partial charge on any atom is -0.330 e. The van der Waals surface area contributed by atoms with Gasteiger partial charge in [-0.3, -0.25) is 0 Å². The molecule has 0 bridgehead atoms. The van der Waals surface area contributed by atoms with Crippen molar-refractivity contribution in [3.05, 3.63) is 33.8 Å². The molecule has 1 aliphatic heterocycles. The molecule has 0 aromatic heterocycles. The molecule has 0 saturated heterocycles. The first-order valence-corrected chi connectivity index (χ1v) is 5.92. The van der Waals surface area contributed by atoms with E-state index in [1.165, 1.54) is 0 Å². The van der Waals surface area contributed by atoms with Gasteiger partial charge in [0.1, 0.15) is 0 Å². The van der Waals surface area contributed by atoms with Crippen molar-refractivity contribution in [2.45, 2.75) is 18.9 Å². The number of hydrogen-bond acceptors (Lipinski definition) is 3. The minimum absolute atomic E-state index is 0.191. The van der Waals surface area contributed by atoms with Crippen LogP contribution < -0.4 is 11.2 Å². The SMILES string of the molecule is NCCC1=NNC(c2ccc(Cl)c(Cl)c2)C1. The topological polar surface area (TPSA) is 50.4 Å². The summed E-state index contributed by atoms with van der Waals surface area (Å²) >= 11 is 11.8. The van der Waals surface area contributed by atoms with Crippen LogP contribution in [-0.2, 0) is 0 Å². The van der Waals surface area contributed by atoms with Crippen LogP contribution in [0.2, 0.25) is 10.0 Å². The summed E-state index contributed by atoms with van der Waals surface area (Å²) in [7, 11) is 0. The maximum atomic E-state index is 5.97. The smallest absolute Gasteiger partial charge is 0.0742 e. The Morgan fingerprint density at radius 2 is 2.19 bits per heavy atom. The minimum atomic E-state index is 0.191. The van der Waals surface area contributed by atoms with Crippen molar-refractivity contribution in [2.75, 3.05) is 6.54 Å². The molecule has 0 spiro atoms.